The summed E-state index contributed by atoms with van der Waals surface area (Å²) in [4.78, 5) is 0. The lowest BCUT2D eigenvalue weighted by molar-refractivity contribution is -0.158. The Kier molecular flexibility index (Phi) is 9.59. The molecule has 0 radical (unpaired) electrons. The summed E-state index contributed by atoms with van der Waals surface area (Å²) in [7, 11) is 0. The third-order valence-electron chi connectivity index (χ3n) is 8.12. The van der Waals surface area contributed by atoms with Crippen LogP contribution in [0.3, 0.4) is 0 Å². The summed E-state index contributed by atoms with van der Waals surface area (Å²) in [6.45, 7) is 15.1. The second-order valence-electron chi connectivity index (χ2n) is 12.7. The van der Waals surface area contributed by atoms with Crippen LogP contribution in [-0.2, 0) is 21.4 Å². The Labute approximate surface area is 231 Å². The molecule has 1 aliphatic carbocycles. The fourth-order valence-corrected chi connectivity index (χ4v) is 5.73. The number of hydrogen-bond acceptors (Lipinski definition) is 4. The van der Waals surface area contributed by atoms with Crippen molar-refractivity contribution in [2.45, 2.75) is 110 Å². The average molecular weight is 520 g/mol. The van der Waals surface area contributed by atoms with E-state index in [1.54, 1.807) is 0 Å². The van der Waals surface area contributed by atoms with Gasteiger partial charge in [0.2, 0.25) is 0 Å². The van der Waals surface area contributed by atoms with Crippen LogP contribution in [0.15, 0.2) is 54.6 Å². The standard InChI is InChI=1S/C34H49NO3/c1-7-8-21-37-32-31(36-22-20-25-12-10-9-11-13-25)29-23-28(18-19-30(29)38-34(32,5)6)35-24-26-14-16-27(17-15-26)33(2,3)4/h7-8,14-19,23,25,31-32,35H,9-13,20-22,24H2,1-6H3. The van der Waals surface area contributed by atoms with Gasteiger partial charge in [0, 0.05) is 24.4 Å². The molecule has 208 valence electrons. The van der Waals surface area contributed by atoms with Gasteiger partial charge >= 0.3 is 0 Å². The van der Waals surface area contributed by atoms with Gasteiger partial charge in [-0.2, -0.15) is 0 Å². The maximum absolute atomic E-state index is 6.70. The first-order valence-corrected chi connectivity index (χ1v) is 14.7. The zero-order valence-corrected chi connectivity index (χ0v) is 24.5. The van der Waals surface area contributed by atoms with Crippen molar-refractivity contribution >= 4 is 5.69 Å². The third kappa shape index (κ3) is 7.42. The van der Waals surface area contributed by atoms with E-state index in [-0.39, 0.29) is 17.6 Å². The number of anilines is 1. The monoisotopic (exact) mass is 519 g/mol. The van der Waals surface area contributed by atoms with Crippen molar-refractivity contribution in [3.63, 3.8) is 0 Å². The van der Waals surface area contributed by atoms with E-state index in [1.165, 1.54) is 43.2 Å². The van der Waals surface area contributed by atoms with E-state index in [0.717, 1.165) is 42.5 Å². The van der Waals surface area contributed by atoms with E-state index in [9.17, 15) is 0 Å². The second-order valence-corrected chi connectivity index (χ2v) is 12.7. The lowest BCUT2D eigenvalue weighted by atomic mass is 9.86. The summed E-state index contributed by atoms with van der Waals surface area (Å²) in [5, 5.41) is 3.62. The highest BCUT2D eigenvalue weighted by Crippen LogP contribution is 2.44. The molecule has 0 saturated heterocycles. The number of benzene rings is 2. The predicted octanol–water partition coefficient (Wildman–Crippen LogP) is 8.76. The highest BCUT2D eigenvalue weighted by Gasteiger charge is 2.45. The summed E-state index contributed by atoms with van der Waals surface area (Å²) in [6.07, 6.45) is 11.6. The van der Waals surface area contributed by atoms with Gasteiger partial charge in [-0.1, -0.05) is 89.3 Å². The lowest BCUT2D eigenvalue weighted by Crippen LogP contribution is -2.51. The molecule has 1 heterocycles. The molecule has 4 nitrogen and oxygen atoms in total. The summed E-state index contributed by atoms with van der Waals surface area (Å²) in [5.41, 5.74) is 4.43. The van der Waals surface area contributed by atoms with Crippen molar-refractivity contribution in [3.05, 3.63) is 71.3 Å². The molecule has 1 fully saturated rings. The zero-order chi connectivity index (χ0) is 27.2. The first kappa shape index (κ1) is 28.7. The summed E-state index contributed by atoms with van der Waals surface area (Å²) in [5.74, 6) is 1.68. The molecule has 2 aromatic rings. The van der Waals surface area contributed by atoms with Gasteiger partial charge in [-0.3, -0.25) is 0 Å². The average Bonchev–Trinajstić information content (AvgIpc) is 2.89. The van der Waals surface area contributed by atoms with Crippen LogP contribution < -0.4 is 10.1 Å². The van der Waals surface area contributed by atoms with Gasteiger partial charge in [0.05, 0.1) is 6.61 Å². The smallest absolute Gasteiger partial charge is 0.132 e. The minimum Gasteiger partial charge on any atom is -0.485 e. The van der Waals surface area contributed by atoms with Crippen LogP contribution in [0.25, 0.3) is 0 Å². The zero-order valence-electron chi connectivity index (χ0n) is 24.5. The predicted molar refractivity (Wildman–Crippen MR) is 158 cm³/mol. The van der Waals surface area contributed by atoms with Crippen molar-refractivity contribution in [1.29, 1.82) is 0 Å². The Hall–Kier alpha value is -2.30. The van der Waals surface area contributed by atoms with Gasteiger partial charge in [-0.15, -0.1) is 0 Å². The maximum atomic E-state index is 6.70. The molecule has 0 spiro atoms. The van der Waals surface area contributed by atoms with Crippen LogP contribution in [0.1, 0.15) is 103 Å². The van der Waals surface area contributed by atoms with Crippen LogP contribution in [0.4, 0.5) is 5.69 Å². The summed E-state index contributed by atoms with van der Waals surface area (Å²) >= 11 is 0. The van der Waals surface area contributed by atoms with Crippen molar-refractivity contribution in [2.24, 2.45) is 5.92 Å². The maximum Gasteiger partial charge on any atom is 0.132 e. The number of fused-ring (bicyclic) bond motifs is 1. The Bertz CT molecular complexity index is 1040. The summed E-state index contributed by atoms with van der Waals surface area (Å²) in [6, 6.07) is 15.3. The Balaban J connectivity index is 1.50. The van der Waals surface area contributed by atoms with E-state index in [0.29, 0.717) is 6.61 Å². The Morgan fingerprint density at radius 3 is 2.42 bits per heavy atom. The number of ether oxygens (including phenoxy) is 3. The number of hydrogen-bond donors (Lipinski definition) is 1. The van der Waals surface area contributed by atoms with Crippen molar-refractivity contribution in [1.82, 2.24) is 0 Å². The minimum atomic E-state index is -0.492. The summed E-state index contributed by atoms with van der Waals surface area (Å²) < 4.78 is 19.6. The highest BCUT2D eigenvalue weighted by atomic mass is 16.6. The van der Waals surface area contributed by atoms with Gasteiger partial charge < -0.3 is 19.5 Å². The molecule has 2 unspecified atom stereocenters. The van der Waals surface area contributed by atoms with E-state index in [1.807, 2.05) is 19.1 Å². The molecule has 2 aromatic carbocycles. The van der Waals surface area contributed by atoms with Crippen LogP contribution in [-0.4, -0.2) is 24.9 Å². The lowest BCUT2D eigenvalue weighted by Gasteiger charge is -2.44. The largest absolute Gasteiger partial charge is 0.485 e. The highest BCUT2D eigenvalue weighted by molar-refractivity contribution is 5.54. The molecule has 38 heavy (non-hydrogen) atoms. The molecule has 2 aliphatic rings. The first-order chi connectivity index (χ1) is 18.2. The molecular weight excluding hydrogens is 470 g/mol. The van der Waals surface area contributed by atoms with Gasteiger partial charge in [-0.05, 0) is 67.9 Å². The van der Waals surface area contributed by atoms with E-state index < -0.39 is 5.60 Å². The molecule has 1 saturated carbocycles. The minimum absolute atomic E-state index is 0.162. The molecule has 0 aromatic heterocycles. The molecule has 1 N–H and O–H groups in total. The third-order valence-corrected chi connectivity index (χ3v) is 8.12. The van der Waals surface area contributed by atoms with Crippen LogP contribution in [0.5, 0.6) is 5.75 Å². The first-order valence-electron chi connectivity index (χ1n) is 14.7. The van der Waals surface area contributed by atoms with Crippen molar-refractivity contribution in [2.75, 3.05) is 18.5 Å². The SMILES string of the molecule is CC=CCOC1C(OCCC2CCCCC2)c2cc(NCc3ccc(C(C)(C)C)cc3)ccc2OC1(C)C. The topological polar surface area (TPSA) is 39.7 Å². The van der Waals surface area contributed by atoms with Gasteiger partial charge in [-0.25, -0.2) is 0 Å². The Morgan fingerprint density at radius 1 is 1.00 bits per heavy atom. The van der Waals surface area contributed by atoms with Gasteiger partial charge in [0.1, 0.15) is 23.6 Å². The van der Waals surface area contributed by atoms with Crippen molar-refractivity contribution in [3.8, 4) is 5.75 Å². The van der Waals surface area contributed by atoms with Gasteiger partial charge in [0.25, 0.3) is 0 Å². The van der Waals surface area contributed by atoms with E-state index in [2.05, 4.69) is 82.4 Å². The van der Waals surface area contributed by atoms with Crippen LogP contribution in [0, 0.1) is 5.92 Å². The molecule has 4 heteroatoms. The fraction of sp³-hybridized carbons (Fsp3) is 0.588. The number of rotatable bonds is 10. The van der Waals surface area contributed by atoms with Crippen molar-refractivity contribution < 1.29 is 14.2 Å². The number of nitrogens with one attached hydrogen (secondary N) is 1. The van der Waals surface area contributed by atoms with Crippen LogP contribution >= 0.6 is 0 Å². The molecular formula is C34H49NO3. The second kappa shape index (κ2) is 12.7. The molecule has 2 atom stereocenters. The molecule has 4 rings (SSSR count). The quantitative estimate of drug-likeness (QED) is 0.319. The molecule has 0 bridgehead atoms. The molecule has 1 aliphatic heterocycles. The number of allylic oxidation sites excluding steroid dienone is 1. The molecule has 0 amide bonds. The van der Waals surface area contributed by atoms with Crippen LogP contribution in [0.2, 0.25) is 0 Å². The van der Waals surface area contributed by atoms with E-state index >= 15 is 0 Å². The normalized spacial score (nSPS) is 21.7. The Morgan fingerprint density at radius 2 is 1.74 bits per heavy atom. The fourth-order valence-electron chi connectivity index (χ4n) is 5.73. The van der Waals surface area contributed by atoms with E-state index in [4.69, 9.17) is 14.2 Å². The van der Waals surface area contributed by atoms with Gasteiger partial charge in [0.15, 0.2) is 0 Å².